The third kappa shape index (κ3) is 4.52. The van der Waals surface area contributed by atoms with Crippen LogP contribution >= 0.6 is 23.7 Å². The zero-order valence-electron chi connectivity index (χ0n) is 13.9. The van der Waals surface area contributed by atoms with Gasteiger partial charge in [-0.05, 0) is 30.1 Å². The second-order valence-corrected chi connectivity index (χ2v) is 7.87. The van der Waals surface area contributed by atoms with E-state index in [0.29, 0.717) is 23.7 Å². The molecule has 1 atom stereocenters. The third-order valence-corrected chi connectivity index (χ3v) is 5.87. The smallest absolute Gasteiger partial charge is 0.414 e. The summed E-state index contributed by atoms with van der Waals surface area (Å²) >= 11 is 3.07. The lowest BCUT2D eigenvalue weighted by Gasteiger charge is -2.29. The first kappa shape index (κ1) is 18.2. The van der Waals surface area contributed by atoms with E-state index in [9.17, 15) is 14.0 Å². The Morgan fingerprint density at radius 3 is 2.88 bits per heavy atom. The molecule has 2 aliphatic heterocycles. The molecule has 0 bridgehead atoms. The first-order chi connectivity index (χ1) is 12.0. The maximum absolute atomic E-state index is 14.5. The molecule has 0 aromatic heterocycles. The van der Waals surface area contributed by atoms with Crippen LogP contribution < -0.4 is 14.5 Å². The van der Waals surface area contributed by atoms with Gasteiger partial charge in [-0.15, -0.1) is 0 Å². The number of anilines is 2. The van der Waals surface area contributed by atoms with Gasteiger partial charge in [0.15, 0.2) is 0 Å². The number of amides is 2. The maximum atomic E-state index is 14.5. The average molecular weight is 385 g/mol. The van der Waals surface area contributed by atoms with Crippen molar-refractivity contribution < 1.29 is 18.7 Å². The van der Waals surface area contributed by atoms with Crippen LogP contribution in [0.5, 0.6) is 0 Å². The second kappa shape index (κ2) is 8.18. The van der Waals surface area contributed by atoms with Crippen molar-refractivity contribution in [2.24, 2.45) is 0 Å². The lowest BCUT2D eigenvalue weighted by atomic mass is 10.2. The standard InChI is InChI=1S/C16H20FN3O3S2/c1-11(21)18-25-10-13-9-20(16(22)23-13)12-2-3-15(14(17)8-12)19-4-6-24-7-5-19/h2-3,8,13H,4-7,9-10H2,1H3,(H,18,21). The van der Waals surface area contributed by atoms with Gasteiger partial charge in [0.05, 0.1) is 23.7 Å². The molecule has 3 rings (SSSR count). The predicted octanol–water partition coefficient (Wildman–Crippen LogP) is 2.49. The Morgan fingerprint density at radius 2 is 2.20 bits per heavy atom. The van der Waals surface area contributed by atoms with Gasteiger partial charge >= 0.3 is 6.09 Å². The molecule has 2 saturated heterocycles. The Labute approximate surface area is 154 Å². The van der Waals surface area contributed by atoms with E-state index < -0.39 is 6.09 Å². The van der Waals surface area contributed by atoms with Gasteiger partial charge in [-0.1, -0.05) is 0 Å². The largest absolute Gasteiger partial charge is 0.443 e. The SMILES string of the molecule is CC(=O)NSCC1CN(c2ccc(N3CCSCC3)c(F)c2)C(=O)O1. The monoisotopic (exact) mass is 385 g/mol. The van der Waals surface area contributed by atoms with Crippen LogP contribution in [-0.4, -0.2) is 55.0 Å². The number of hydrogen-bond donors (Lipinski definition) is 1. The van der Waals surface area contributed by atoms with Crippen LogP contribution in [0, 0.1) is 5.82 Å². The Kier molecular flexibility index (Phi) is 5.95. The van der Waals surface area contributed by atoms with E-state index >= 15 is 0 Å². The molecule has 25 heavy (non-hydrogen) atoms. The van der Waals surface area contributed by atoms with Crippen molar-refractivity contribution in [1.29, 1.82) is 0 Å². The number of benzene rings is 1. The van der Waals surface area contributed by atoms with Crippen molar-refractivity contribution in [2.75, 3.05) is 46.7 Å². The number of halogens is 1. The molecule has 136 valence electrons. The molecular formula is C16H20FN3O3S2. The number of nitrogens with zero attached hydrogens (tertiary/aromatic N) is 2. The summed E-state index contributed by atoms with van der Waals surface area (Å²) in [5, 5.41) is 0. The fourth-order valence-electron chi connectivity index (χ4n) is 2.78. The van der Waals surface area contributed by atoms with Crippen LogP contribution in [-0.2, 0) is 9.53 Å². The molecule has 2 amide bonds. The van der Waals surface area contributed by atoms with E-state index in [-0.39, 0.29) is 17.8 Å². The third-order valence-electron chi connectivity index (χ3n) is 3.95. The van der Waals surface area contributed by atoms with Crippen molar-refractivity contribution in [3.63, 3.8) is 0 Å². The lowest BCUT2D eigenvalue weighted by Crippen LogP contribution is -2.33. The Hall–Kier alpha value is -1.61. The topological polar surface area (TPSA) is 61.9 Å². The van der Waals surface area contributed by atoms with E-state index in [4.69, 9.17) is 4.74 Å². The van der Waals surface area contributed by atoms with Gasteiger partial charge < -0.3 is 14.4 Å². The number of cyclic esters (lactones) is 1. The maximum Gasteiger partial charge on any atom is 0.414 e. The normalized spacial score (nSPS) is 20.6. The Morgan fingerprint density at radius 1 is 1.44 bits per heavy atom. The number of rotatable bonds is 5. The summed E-state index contributed by atoms with van der Waals surface area (Å²) in [5.41, 5.74) is 1.07. The van der Waals surface area contributed by atoms with E-state index in [0.717, 1.165) is 24.6 Å². The number of carbonyl (C=O) groups is 2. The molecule has 2 fully saturated rings. The molecule has 0 radical (unpaired) electrons. The van der Waals surface area contributed by atoms with Gasteiger partial charge in [0.25, 0.3) is 0 Å². The highest BCUT2D eigenvalue weighted by atomic mass is 32.2. The first-order valence-corrected chi connectivity index (χ1v) is 10.2. The van der Waals surface area contributed by atoms with Crippen molar-refractivity contribution in [3.8, 4) is 0 Å². The molecule has 9 heteroatoms. The minimum atomic E-state index is -0.491. The number of ether oxygens (including phenoxy) is 1. The van der Waals surface area contributed by atoms with Crippen molar-refractivity contribution in [2.45, 2.75) is 13.0 Å². The quantitative estimate of drug-likeness (QED) is 0.786. The van der Waals surface area contributed by atoms with E-state index in [1.54, 1.807) is 12.1 Å². The summed E-state index contributed by atoms with van der Waals surface area (Å²) in [6.45, 7) is 3.42. The van der Waals surface area contributed by atoms with Gasteiger partial charge in [-0.3, -0.25) is 9.69 Å². The number of nitrogens with one attached hydrogen (secondary N) is 1. The number of thioether (sulfide) groups is 1. The van der Waals surface area contributed by atoms with Gasteiger partial charge in [0, 0.05) is 31.5 Å². The van der Waals surface area contributed by atoms with Gasteiger partial charge in [0.1, 0.15) is 11.9 Å². The zero-order valence-corrected chi connectivity index (χ0v) is 15.5. The highest BCUT2D eigenvalue weighted by molar-refractivity contribution is 7.99. The molecule has 2 aliphatic rings. The molecule has 1 aromatic rings. The number of carbonyl (C=O) groups excluding carboxylic acids is 2. The molecule has 0 aliphatic carbocycles. The Bertz CT molecular complexity index is 656. The minimum Gasteiger partial charge on any atom is -0.443 e. The molecule has 2 heterocycles. The summed E-state index contributed by atoms with van der Waals surface area (Å²) < 4.78 is 22.4. The van der Waals surface area contributed by atoms with Crippen molar-refractivity contribution in [3.05, 3.63) is 24.0 Å². The predicted molar refractivity (Wildman–Crippen MR) is 99.8 cm³/mol. The Balaban J connectivity index is 1.64. The van der Waals surface area contributed by atoms with Crippen LogP contribution in [0.3, 0.4) is 0 Å². The fourth-order valence-corrected chi connectivity index (χ4v) is 4.33. The van der Waals surface area contributed by atoms with Crippen LogP contribution in [0.15, 0.2) is 18.2 Å². The molecule has 0 spiro atoms. The van der Waals surface area contributed by atoms with Crippen LogP contribution in [0.1, 0.15) is 6.92 Å². The van der Waals surface area contributed by atoms with Crippen LogP contribution in [0.2, 0.25) is 0 Å². The molecule has 6 nitrogen and oxygen atoms in total. The van der Waals surface area contributed by atoms with Gasteiger partial charge in [-0.2, -0.15) is 11.8 Å². The van der Waals surface area contributed by atoms with E-state index in [1.807, 2.05) is 16.7 Å². The lowest BCUT2D eigenvalue weighted by molar-refractivity contribution is -0.117. The van der Waals surface area contributed by atoms with Crippen LogP contribution in [0.4, 0.5) is 20.6 Å². The van der Waals surface area contributed by atoms with E-state index in [1.165, 1.54) is 29.8 Å². The summed E-state index contributed by atoms with van der Waals surface area (Å²) in [6, 6.07) is 4.87. The van der Waals surface area contributed by atoms with Crippen molar-refractivity contribution in [1.82, 2.24) is 4.72 Å². The molecular weight excluding hydrogens is 365 g/mol. The van der Waals surface area contributed by atoms with Crippen molar-refractivity contribution >= 4 is 47.1 Å². The fraction of sp³-hybridized carbons (Fsp3) is 0.500. The summed E-state index contributed by atoms with van der Waals surface area (Å²) in [5.74, 6) is 1.96. The summed E-state index contributed by atoms with van der Waals surface area (Å²) in [6.07, 6.45) is -0.832. The number of hydrogen-bond acceptors (Lipinski definition) is 6. The average Bonchev–Trinajstić information content (AvgIpc) is 2.96. The zero-order chi connectivity index (χ0) is 17.8. The molecule has 1 aromatic carbocycles. The van der Waals surface area contributed by atoms with Gasteiger partial charge in [-0.25, -0.2) is 9.18 Å². The summed E-state index contributed by atoms with van der Waals surface area (Å²) in [7, 11) is 0. The molecule has 1 N–H and O–H groups in total. The van der Waals surface area contributed by atoms with Gasteiger partial charge in [0.2, 0.25) is 5.91 Å². The minimum absolute atomic E-state index is 0.153. The second-order valence-electron chi connectivity index (χ2n) is 5.82. The molecule has 0 saturated carbocycles. The summed E-state index contributed by atoms with van der Waals surface area (Å²) in [4.78, 5) is 26.4. The van der Waals surface area contributed by atoms with E-state index in [2.05, 4.69) is 4.72 Å². The molecule has 1 unspecified atom stereocenters. The highest BCUT2D eigenvalue weighted by Gasteiger charge is 2.33. The van der Waals surface area contributed by atoms with Crippen LogP contribution in [0.25, 0.3) is 0 Å². The first-order valence-electron chi connectivity index (χ1n) is 8.03. The highest BCUT2D eigenvalue weighted by Crippen LogP contribution is 2.29.